The van der Waals surface area contributed by atoms with E-state index in [1.54, 1.807) is 6.92 Å². The average Bonchev–Trinajstić information content (AvgIpc) is 2.73. The Morgan fingerprint density at radius 1 is 1.33 bits per heavy atom. The van der Waals surface area contributed by atoms with Crippen LogP contribution in [0.25, 0.3) is 0 Å². The first-order valence-electron chi connectivity index (χ1n) is 5.11. The van der Waals surface area contributed by atoms with Gasteiger partial charge in [0.25, 0.3) is 0 Å². The molecule has 0 radical (unpaired) electrons. The van der Waals surface area contributed by atoms with E-state index in [0.717, 1.165) is 12.1 Å². The Bertz CT molecular complexity index is 534. The van der Waals surface area contributed by atoms with E-state index in [9.17, 15) is 8.78 Å². The lowest BCUT2D eigenvalue weighted by atomic mass is 10.2. The monoisotopic (exact) mass is 256 g/mol. The van der Waals surface area contributed by atoms with Gasteiger partial charge >= 0.3 is 0 Å². The first kappa shape index (κ1) is 12.4. The van der Waals surface area contributed by atoms with Crippen molar-refractivity contribution in [1.82, 2.24) is 10.1 Å². The van der Waals surface area contributed by atoms with Crippen LogP contribution in [-0.2, 0) is 13.2 Å². The van der Waals surface area contributed by atoms with Gasteiger partial charge in [-0.15, -0.1) is 0 Å². The van der Waals surface area contributed by atoms with Crippen molar-refractivity contribution in [3.8, 4) is 5.75 Å². The van der Waals surface area contributed by atoms with Crippen molar-refractivity contribution in [1.29, 1.82) is 0 Å². The molecule has 0 unspecified atom stereocenters. The third-order valence-electron chi connectivity index (χ3n) is 2.16. The fourth-order valence-electron chi connectivity index (χ4n) is 1.38. The number of hydrogen-bond donors (Lipinski definition) is 1. The number of benzene rings is 1. The Balaban J connectivity index is 2.14. The van der Waals surface area contributed by atoms with Crippen LogP contribution < -0.4 is 4.74 Å². The average molecular weight is 256 g/mol. The highest BCUT2D eigenvalue weighted by atomic mass is 19.1. The number of halogens is 2. The third kappa shape index (κ3) is 2.62. The van der Waals surface area contributed by atoms with E-state index in [2.05, 4.69) is 14.7 Å². The summed E-state index contributed by atoms with van der Waals surface area (Å²) in [5.41, 5.74) is 0.132. The van der Waals surface area contributed by atoms with E-state index in [4.69, 9.17) is 9.84 Å². The maximum absolute atomic E-state index is 13.5. The highest BCUT2D eigenvalue weighted by Crippen LogP contribution is 2.24. The molecule has 0 saturated carbocycles. The van der Waals surface area contributed by atoms with Crippen LogP contribution in [0.2, 0.25) is 0 Å². The van der Waals surface area contributed by atoms with Gasteiger partial charge in [0.2, 0.25) is 11.7 Å². The molecule has 96 valence electrons. The molecule has 0 amide bonds. The van der Waals surface area contributed by atoms with Crippen LogP contribution in [0.5, 0.6) is 5.75 Å². The summed E-state index contributed by atoms with van der Waals surface area (Å²) in [5.74, 6) is -1.78. The van der Waals surface area contributed by atoms with Gasteiger partial charge in [-0.3, -0.25) is 0 Å². The van der Waals surface area contributed by atoms with Crippen LogP contribution in [0.15, 0.2) is 16.7 Å². The second kappa shape index (κ2) is 5.09. The summed E-state index contributed by atoms with van der Waals surface area (Å²) >= 11 is 0. The quantitative estimate of drug-likeness (QED) is 0.902. The van der Waals surface area contributed by atoms with Crippen molar-refractivity contribution in [2.75, 3.05) is 0 Å². The zero-order valence-corrected chi connectivity index (χ0v) is 9.48. The first-order chi connectivity index (χ1) is 8.60. The van der Waals surface area contributed by atoms with Crippen LogP contribution in [-0.4, -0.2) is 15.2 Å². The van der Waals surface area contributed by atoms with E-state index >= 15 is 0 Å². The topological polar surface area (TPSA) is 68.4 Å². The molecule has 0 atom stereocenters. The summed E-state index contributed by atoms with van der Waals surface area (Å²) in [7, 11) is 0. The van der Waals surface area contributed by atoms with Gasteiger partial charge in [0.05, 0.1) is 6.61 Å². The van der Waals surface area contributed by atoms with E-state index in [1.165, 1.54) is 0 Å². The van der Waals surface area contributed by atoms with Gasteiger partial charge in [-0.05, 0) is 17.7 Å². The predicted octanol–water partition coefficient (Wildman–Crippen LogP) is 1.73. The molecule has 7 heteroatoms. The molecule has 1 N–H and O–H groups in total. The smallest absolute Gasteiger partial charge is 0.223 e. The molecular formula is C11H10F2N2O3. The minimum Gasteiger partial charge on any atom is -0.479 e. The summed E-state index contributed by atoms with van der Waals surface area (Å²) in [5, 5.41) is 12.3. The second-order valence-corrected chi connectivity index (χ2v) is 3.57. The summed E-state index contributed by atoms with van der Waals surface area (Å²) < 4.78 is 36.6. The molecule has 0 saturated heterocycles. The zero-order valence-electron chi connectivity index (χ0n) is 9.48. The molecule has 18 heavy (non-hydrogen) atoms. The van der Waals surface area contributed by atoms with Crippen molar-refractivity contribution in [3.05, 3.63) is 41.0 Å². The molecule has 0 aliphatic heterocycles. The summed E-state index contributed by atoms with van der Waals surface area (Å²) in [6, 6.07) is 2.00. The Kier molecular flexibility index (Phi) is 3.52. The first-order valence-corrected chi connectivity index (χ1v) is 5.11. The highest BCUT2D eigenvalue weighted by molar-refractivity contribution is 5.31. The van der Waals surface area contributed by atoms with E-state index in [0.29, 0.717) is 5.89 Å². The Labute approximate surface area is 101 Å². The SMILES string of the molecule is Cc1nc(COc2c(F)cc(CO)cc2F)no1. The fourth-order valence-corrected chi connectivity index (χ4v) is 1.38. The van der Waals surface area contributed by atoms with Gasteiger partial charge in [-0.1, -0.05) is 5.16 Å². The van der Waals surface area contributed by atoms with E-state index in [-0.39, 0.29) is 18.0 Å². The molecule has 1 heterocycles. The van der Waals surface area contributed by atoms with Gasteiger partial charge in [0, 0.05) is 6.92 Å². The van der Waals surface area contributed by atoms with Crippen molar-refractivity contribution >= 4 is 0 Å². The Morgan fingerprint density at radius 3 is 2.50 bits per heavy atom. The Morgan fingerprint density at radius 2 is 2.00 bits per heavy atom. The molecular weight excluding hydrogens is 246 g/mol. The summed E-state index contributed by atoms with van der Waals surface area (Å²) in [6.45, 7) is 0.940. The largest absolute Gasteiger partial charge is 0.479 e. The third-order valence-corrected chi connectivity index (χ3v) is 2.16. The van der Waals surface area contributed by atoms with Crippen LogP contribution in [0.3, 0.4) is 0 Å². The molecule has 0 spiro atoms. The van der Waals surface area contributed by atoms with E-state index in [1.807, 2.05) is 0 Å². The normalized spacial score (nSPS) is 10.7. The van der Waals surface area contributed by atoms with Crippen molar-refractivity contribution in [2.24, 2.45) is 0 Å². The van der Waals surface area contributed by atoms with Gasteiger partial charge in [0.15, 0.2) is 24.0 Å². The van der Waals surface area contributed by atoms with Gasteiger partial charge in [-0.2, -0.15) is 4.98 Å². The molecule has 0 bridgehead atoms. The molecule has 5 nitrogen and oxygen atoms in total. The number of aliphatic hydroxyl groups is 1. The maximum atomic E-state index is 13.5. The number of hydrogen-bond acceptors (Lipinski definition) is 5. The van der Waals surface area contributed by atoms with Crippen molar-refractivity contribution in [2.45, 2.75) is 20.1 Å². The summed E-state index contributed by atoms with van der Waals surface area (Å²) in [6.07, 6.45) is 0. The zero-order chi connectivity index (χ0) is 13.1. The van der Waals surface area contributed by atoms with Gasteiger partial charge < -0.3 is 14.4 Å². The number of aryl methyl sites for hydroxylation is 1. The van der Waals surface area contributed by atoms with Crippen LogP contribution in [0.4, 0.5) is 8.78 Å². The summed E-state index contributed by atoms with van der Waals surface area (Å²) in [4.78, 5) is 3.83. The van der Waals surface area contributed by atoms with Crippen LogP contribution >= 0.6 is 0 Å². The van der Waals surface area contributed by atoms with Crippen LogP contribution in [0, 0.1) is 18.6 Å². The fraction of sp³-hybridized carbons (Fsp3) is 0.273. The highest BCUT2D eigenvalue weighted by Gasteiger charge is 2.14. The van der Waals surface area contributed by atoms with Crippen molar-refractivity contribution in [3.63, 3.8) is 0 Å². The molecule has 2 rings (SSSR count). The number of ether oxygens (including phenoxy) is 1. The second-order valence-electron chi connectivity index (χ2n) is 3.57. The van der Waals surface area contributed by atoms with Gasteiger partial charge in [-0.25, -0.2) is 8.78 Å². The molecule has 0 fully saturated rings. The molecule has 0 aliphatic carbocycles. The number of aromatic nitrogens is 2. The van der Waals surface area contributed by atoms with Crippen molar-refractivity contribution < 1.29 is 23.1 Å². The standard InChI is InChI=1S/C11H10F2N2O3/c1-6-14-10(15-18-6)5-17-11-8(12)2-7(4-16)3-9(11)13/h2-3,16H,4-5H2,1H3. The number of nitrogens with zero attached hydrogens (tertiary/aromatic N) is 2. The molecule has 1 aromatic heterocycles. The van der Waals surface area contributed by atoms with Gasteiger partial charge in [0.1, 0.15) is 0 Å². The maximum Gasteiger partial charge on any atom is 0.223 e. The Hall–Kier alpha value is -2.02. The number of rotatable bonds is 4. The molecule has 1 aromatic carbocycles. The lowest BCUT2D eigenvalue weighted by molar-refractivity contribution is 0.255. The lowest BCUT2D eigenvalue weighted by Crippen LogP contribution is -2.02. The van der Waals surface area contributed by atoms with Crippen LogP contribution in [0.1, 0.15) is 17.3 Å². The molecule has 0 aliphatic rings. The van der Waals surface area contributed by atoms with E-state index < -0.39 is 24.0 Å². The number of aliphatic hydroxyl groups excluding tert-OH is 1. The lowest BCUT2D eigenvalue weighted by Gasteiger charge is -2.07. The minimum absolute atomic E-state index is 0.132. The minimum atomic E-state index is -0.890. The predicted molar refractivity (Wildman–Crippen MR) is 55.6 cm³/mol. The molecule has 2 aromatic rings.